The van der Waals surface area contributed by atoms with Crippen LogP contribution in [0.4, 0.5) is 5.13 Å². The second-order valence-electron chi connectivity index (χ2n) is 4.42. The summed E-state index contributed by atoms with van der Waals surface area (Å²) in [4.78, 5) is 29.9. The number of thiazole rings is 1. The third-order valence-corrected chi connectivity index (χ3v) is 3.40. The number of amides is 1. The predicted molar refractivity (Wildman–Crippen MR) is 79.1 cm³/mol. The number of carbonyl (C=O) groups is 2. The Hall–Kier alpha value is -1.73. The van der Waals surface area contributed by atoms with Crippen LogP contribution in [0.25, 0.3) is 0 Å². The van der Waals surface area contributed by atoms with Crippen molar-refractivity contribution in [3.05, 3.63) is 23.2 Å². The second kappa shape index (κ2) is 7.76. The van der Waals surface area contributed by atoms with Crippen LogP contribution in [0.5, 0.6) is 0 Å². The van der Waals surface area contributed by atoms with Crippen molar-refractivity contribution in [3.8, 4) is 0 Å². The molecule has 0 aromatic carbocycles. The number of ether oxygens (including phenoxy) is 1. The van der Waals surface area contributed by atoms with Gasteiger partial charge in [-0.1, -0.05) is 24.0 Å². The first kappa shape index (κ1) is 16.3. The van der Waals surface area contributed by atoms with Gasteiger partial charge < -0.3 is 15.0 Å². The van der Waals surface area contributed by atoms with E-state index >= 15 is 0 Å². The lowest BCUT2D eigenvalue weighted by Gasteiger charge is -2.07. The molecule has 20 heavy (non-hydrogen) atoms. The fraction of sp³-hybridized carbons (Fsp3) is 0.462. The third kappa shape index (κ3) is 5.10. The van der Waals surface area contributed by atoms with Gasteiger partial charge in [-0.05, 0) is 21.0 Å². The van der Waals surface area contributed by atoms with E-state index in [0.717, 1.165) is 11.3 Å². The molecule has 0 bridgehead atoms. The summed E-state index contributed by atoms with van der Waals surface area (Å²) in [6.45, 7) is 5.99. The fourth-order valence-electron chi connectivity index (χ4n) is 1.35. The highest BCUT2D eigenvalue weighted by Gasteiger charge is 2.17. The zero-order valence-corrected chi connectivity index (χ0v) is 12.7. The Bertz CT molecular complexity index is 497. The number of nitrogens with zero attached hydrogens (tertiary/aromatic N) is 2. The number of esters is 1. The molecule has 110 valence electrons. The van der Waals surface area contributed by atoms with Crippen molar-refractivity contribution in [2.75, 3.05) is 32.6 Å². The zero-order chi connectivity index (χ0) is 15.1. The van der Waals surface area contributed by atoms with Crippen LogP contribution in [-0.2, 0) is 9.53 Å². The van der Waals surface area contributed by atoms with Gasteiger partial charge in [0.1, 0.15) is 11.5 Å². The molecule has 6 nitrogen and oxygen atoms in total. The predicted octanol–water partition coefficient (Wildman–Crippen LogP) is 1.68. The molecule has 0 radical (unpaired) electrons. The van der Waals surface area contributed by atoms with Crippen molar-refractivity contribution in [3.63, 3.8) is 0 Å². The van der Waals surface area contributed by atoms with Crippen molar-refractivity contribution in [1.29, 1.82) is 0 Å². The van der Waals surface area contributed by atoms with E-state index in [9.17, 15) is 9.59 Å². The Labute approximate surface area is 122 Å². The van der Waals surface area contributed by atoms with Crippen molar-refractivity contribution >= 4 is 28.3 Å². The Kier molecular flexibility index (Phi) is 6.33. The summed E-state index contributed by atoms with van der Waals surface area (Å²) in [5.41, 5.74) is 0.548. The van der Waals surface area contributed by atoms with E-state index in [2.05, 4.69) is 16.9 Å². The molecular weight excluding hydrogens is 278 g/mol. The van der Waals surface area contributed by atoms with Gasteiger partial charge in [-0.3, -0.25) is 4.79 Å². The average Bonchev–Trinajstić information content (AvgIpc) is 2.74. The van der Waals surface area contributed by atoms with Gasteiger partial charge in [-0.2, -0.15) is 0 Å². The SMILES string of the molecule is C=CCOC(=O)c1sc(NC(=O)CCN(C)C)nc1C. The number of carbonyl (C=O) groups excluding carboxylic acids is 2. The monoisotopic (exact) mass is 297 g/mol. The van der Waals surface area contributed by atoms with Crippen LogP contribution in [0.1, 0.15) is 21.8 Å². The Morgan fingerprint density at radius 1 is 1.50 bits per heavy atom. The molecule has 0 spiro atoms. The molecule has 0 unspecified atom stereocenters. The average molecular weight is 297 g/mol. The van der Waals surface area contributed by atoms with Crippen molar-refractivity contribution in [2.45, 2.75) is 13.3 Å². The van der Waals surface area contributed by atoms with E-state index in [0.29, 0.717) is 28.7 Å². The van der Waals surface area contributed by atoms with E-state index in [4.69, 9.17) is 4.74 Å². The molecule has 1 N–H and O–H groups in total. The lowest BCUT2D eigenvalue weighted by molar-refractivity contribution is -0.116. The number of anilines is 1. The van der Waals surface area contributed by atoms with Crippen LogP contribution in [0.15, 0.2) is 12.7 Å². The summed E-state index contributed by atoms with van der Waals surface area (Å²) < 4.78 is 4.95. The molecule has 0 saturated carbocycles. The molecule has 0 fully saturated rings. The summed E-state index contributed by atoms with van der Waals surface area (Å²) in [5, 5.41) is 3.10. The van der Waals surface area contributed by atoms with Gasteiger partial charge in [-0.25, -0.2) is 9.78 Å². The van der Waals surface area contributed by atoms with Gasteiger partial charge in [-0.15, -0.1) is 0 Å². The lowest BCUT2D eigenvalue weighted by Crippen LogP contribution is -2.20. The van der Waals surface area contributed by atoms with Crippen molar-refractivity contribution < 1.29 is 14.3 Å². The number of hydrogen-bond donors (Lipinski definition) is 1. The molecule has 1 aromatic rings. The van der Waals surface area contributed by atoms with Crippen LogP contribution in [0, 0.1) is 6.92 Å². The van der Waals surface area contributed by atoms with Crippen LogP contribution >= 0.6 is 11.3 Å². The maximum atomic E-state index is 11.7. The summed E-state index contributed by atoms with van der Waals surface area (Å²) in [6.07, 6.45) is 1.88. The van der Waals surface area contributed by atoms with Gasteiger partial charge in [0.2, 0.25) is 5.91 Å². The third-order valence-electron chi connectivity index (χ3n) is 2.35. The molecule has 0 atom stereocenters. The molecule has 7 heteroatoms. The van der Waals surface area contributed by atoms with E-state index in [1.165, 1.54) is 6.08 Å². The van der Waals surface area contributed by atoms with Crippen molar-refractivity contribution in [2.24, 2.45) is 0 Å². The smallest absolute Gasteiger partial charge is 0.350 e. The van der Waals surface area contributed by atoms with Crippen LogP contribution < -0.4 is 5.32 Å². The fourth-order valence-corrected chi connectivity index (χ4v) is 2.22. The molecule has 0 aliphatic heterocycles. The van der Waals surface area contributed by atoms with Gasteiger partial charge >= 0.3 is 5.97 Å². The number of aryl methyl sites for hydroxylation is 1. The number of aromatic nitrogens is 1. The van der Waals surface area contributed by atoms with Crippen LogP contribution in [0.3, 0.4) is 0 Å². The molecule has 1 amide bonds. The molecule has 0 aliphatic rings. The quantitative estimate of drug-likeness (QED) is 0.612. The minimum absolute atomic E-state index is 0.126. The molecular formula is C13H19N3O3S. The molecule has 1 heterocycles. The Balaban J connectivity index is 2.62. The number of hydrogen-bond acceptors (Lipinski definition) is 6. The van der Waals surface area contributed by atoms with E-state index in [-0.39, 0.29) is 12.5 Å². The first-order valence-electron chi connectivity index (χ1n) is 6.14. The molecule has 1 aromatic heterocycles. The minimum Gasteiger partial charge on any atom is -0.457 e. The van der Waals surface area contributed by atoms with Crippen LogP contribution in [0.2, 0.25) is 0 Å². The molecule has 0 aliphatic carbocycles. The molecule has 0 saturated heterocycles. The summed E-state index contributed by atoms with van der Waals surface area (Å²) >= 11 is 1.12. The topological polar surface area (TPSA) is 71.5 Å². The van der Waals surface area contributed by atoms with E-state index in [1.54, 1.807) is 6.92 Å². The Morgan fingerprint density at radius 2 is 2.20 bits per heavy atom. The van der Waals surface area contributed by atoms with Crippen LogP contribution in [-0.4, -0.2) is 49.0 Å². The zero-order valence-electron chi connectivity index (χ0n) is 11.9. The highest BCUT2D eigenvalue weighted by atomic mass is 32.1. The number of rotatable bonds is 7. The lowest BCUT2D eigenvalue weighted by atomic mass is 10.4. The first-order chi connectivity index (χ1) is 9.43. The summed E-state index contributed by atoms with van der Waals surface area (Å²) in [5.74, 6) is -0.577. The van der Waals surface area contributed by atoms with Gasteiger partial charge in [0.15, 0.2) is 5.13 Å². The maximum Gasteiger partial charge on any atom is 0.350 e. The van der Waals surface area contributed by atoms with Crippen molar-refractivity contribution in [1.82, 2.24) is 9.88 Å². The van der Waals surface area contributed by atoms with E-state index in [1.807, 2.05) is 19.0 Å². The van der Waals surface area contributed by atoms with Gasteiger partial charge in [0.25, 0.3) is 0 Å². The molecule has 1 rings (SSSR count). The maximum absolute atomic E-state index is 11.7. The van der Waals surface area contributed by atoms with E-state index < -0.39 is 5.97 Å². The summed E-state index contributed by atoms with van der Waals surface area (Å²) in [6, 6.07) is 0. The standard InChI is InChI=1S/C13H19N3O3S/c1-5-8-19-12(18)11-9(2)14-13(20-11)15-10(17)6-7-16(3)4/h5H,1,6-8H2,2-4H3,(H,14,15,17). The minimum atomic E-state index is -0.450. The highest BCUT2D eigenvalue weighted by Crippen LogP contribution is 2.23. The Morgan fingerprint density at radius 3 is 2.80 bits per heavy atom. The second-order valence-corrected chi connectivity index (χ2v) is 5.42. The highest BCUT2D eigenvalue weighted by molar-refractivity contribution is 7.17. The first-order valence-corrected chi connectivity index (χ1v) is 6.95. The normalized spacial score (nSPS) is 10.4. The summed E-state index contributed by atoms with van der Waals surface area (Å²) in [7, 11) is 3.79. The van der Waals surface area contributed by atoms with Gasteiger partial charge in [0.05, 0.1) is 5.69 Å². The number of nitrogens with one attached hydrogen (secondary N) is 1. The largest absolute Gasteiger partial charge is 0.457 e. The van der Waals surface area contributed by atoms with Gasteiger partial charge in [0, 0.05) is 13.0 Å².